The minimum atomic E-state index is -0.743. The number of hydrogen-bond acceptors (Lipinski definition) is 3. The van der Waals surface area contributed by atoms with Gasteiger partial charge in [0.05, 0.1) is 6.10 Å². The van der Waals surface area contributed by atoms with Crippen molar-refractivity contribution >= 4 is 16.9 Å². The molecule has 2 nitrogen and oxygen atoms in total. The first-order valence-corrected chi connectivity index (χ1v) is 4.66. The van der Waals surface area contributed by atoms with Gasteiger partial charge in [-0.1, -0.05) is 39.1 Å². The standard InChI is InChI=1S/C9H16O2S/c1-6(7(2)10)8(11)12-9(3,4)5/h7,10H,1H2,2-5H3. The molecule has 0 saturated heterocycles. The second-order valence-electron chi connectivity index (χ2n) is 3.70. The van der Waals surface area contributed by atoms with E-state index >= 15 is 0 Å². The molecule has 1 atom stereocenters. The van der Waals surface area contributed by atoms with E-state index in [9.17, 15) is 4.79 Å². The summed E-state index contributed by atoms with van der Waals surface area (Å²) in [5.41, 5.74) is 0.273. The highest BCUT2D eigenvalue weighted by Crippen LogP contribution is 2.27. The Labute approximate surface area is 78.0 Å². The van der Waals surface area contributed by atoms with Gasteiger partial charge in [-0.25, -0.2) is 0 Å². The molecular formula is C9H16O2S. The van der Waals surface area contributed by atoms with E-state index in [0.717, 1.165) is 0 Å². The lowest BCUT2D eigenvalue weighted by Gasteiger charge is -2.17. The van der Waals surface area contributed by atoms with Gasteiger partial charge in [0.2, 0.25) is 5.12 Å². The van der Waals surface area contributed by atoms with Crippen LogP contribution in [0.25, 0.3) is 0 Å². The maximum atomic E-state index is 11.3. The zero-order valence-electron chi connectivity index (χ0n) is 8.05. The summed E-state index contributed by atoms with van der Waals surface area (Å²) >= 11 is 1.19. The smallest absolute Gasteiger partial charge is 0.217 e. The van der Waals surface area contributed by atoms with Crippen LogP contribution in [-0.2, 0) is 4.79 Å². The quantitative estimate of drug-likeness (QED) is 0.673. The van der Waals surface area contributed by atoms with E-state index in [-0.39, 0.29) is 15.4 Å². The molecule has 0 aliphatic heterocycles. The van der Waals surface area contributed by atoms with Crippen molar-refractivity contribution in [2.45, 2.75) is 38.5 Å². The molecule has 3 heteroatoms. The van der Waals surface area contributed by atoms with Crippen LogP contribution in [-0.4, -0.2) is 21.1 Å². The Morgan fingerprint density at radius 3 is 2.17 bits per heavy atom. The topological polar surface area (TPSA) is 37.3 Å². The van der Waals surface area contributed by atoms with E-state index in [2.05, 4.69) is 6.58 Å². The van der Waals surface area contributed by atoms with Crippen LogP contribution in [0.3, 0.4) is 0 Å². The average molecular weight is 188 g/mol. The second-order valence-corrected chi connectivity index (χ2v) is 5.50. The first-order chi connectivity index (χ1) is 5.24. The molecule has 0 saturated carbocycles. The van der Waals surface area contributed by atoms with Crippen LogP contribution >= 0.6 is 11.8 Å². The highest BCUT2D eigenvalue weighted by atomic mass is 32.2. The number of carbonyl (C=O) groups is 1. The lowest BCUT2D eigenvalue weighted by Crippen LogP contribution is -2.17. The van der Waals surface area contributed by atoms with E-state index in [4.69, 9.17) is 5.11 Å². The molecule has 0 bridgehead atoms. The normalized spacial score (nSPS) is 14.1. The van der Waals surface area contributed by atoms with Gasteiger partial charge in [-0.05, 0) is 6.92 Å². The van der Waals surface area contributed by atoms with Gasteiger partial charge in [0, 0.05) is 10.3 Å². The van der Waals surface area contributed by atoms with Crippen molar-refractivity contribution in [3.8, 4) is 0 Å². The SMILES string of the molecule is C=C(C(=O)SC(C)(C)C)C(C)O. The second kappa shape index (κ2) is 4.10. The van der Waals surface area contributed by atoms with Crippen LogP contribution in [0.2, 0.25) is 0 Å². The molecule has 1 unspecified atom stereocenters. The molecule has 1 N–H and O–H groups in total. The van der Waals surface area contributed by atoms with Crippen LogP contribution in [0.1, 0.15) is 27.7 Å². The monoisotopic (exact) mass is 188 g/mol. The molecule has 12 heavy (non-hydrogen) atoms. The molecular weight excluding hydrogens is 172 g/mol. The maximum Gasteiger partial charge on any atom is 0.217 e. The van der Waals surface area contributed by atoms with Gasteiger partial charge in [0.15, 0.2) is 0 Å². The van der Waals surface area contributed by atoms with E-state index in [0.29, 0.717) is 0 Å². The summed E-state index contributed by atoms with van der Waals surface area (Å²) in [6.45, 7) is 10.9. The fraction of sp³-hybridized carbons (Fsp3) is 0.667. The highest BCUT2D eigenvalue weighted by Gasteiger charge is 2.20. The average Bonchev–Trinajstić information content (AvgIpc) is 1.82. The molecule has 0 radical (unpaired) electrons. The van der Waals surface area contributed by atoms with Crippen molar-refractivity contribution in [1.82, 2.24) is 0 Å². The van der Waals surface area contributed by atoms with Crippen LogP contribution < -0.4 is 0 Å². The lowest BCUT2D eigenvalue weighted by molar-refractivity contribution is -0.108. The Balaban J connectivity index is 4.15. The predicted octanol–water partition coefficient (Wildman–Crippen LogP) is 1.98. The van der Waals surface area contributed by atoms with Gasteiger partial charge >= 0.3 is 0 Å². The third kappa shape index (κ3) is 4.57. The number of aliphatic hydroxyl groups excluding tert-OH is 1. The Kier molecular flexibility index (Phi) is 4.00. The van der Waals surface area contributed by atoms with Crippen LogP contribution in [0, 0.1) is 0 Å². The Morgan fingerprint density at radius 1 is 1.50 bits per heavy atom. The van der Waals surface area contributed by atoms with Gasteiger partial charge in [0.25, 0.3) is 0 Å². The molecule has 0 spiro atoms. The zero-order valence-corrected chi connectivity index (χ0v) is 8.86. The summed E-state index contributed by atoms with van der Waals surface area (Å²) in [7, 11) is 0. The minimum absolute atomic E-state index is 0.116. The summed E-state index contributed by atoms with van der Waals surface area (Å²) in [6.07, 6.45) is -0.743. The molecule has 0 aromatic rings. The molecule has 0 rings (SSSR count). The van der Waals surface area contributed by atoms with Crippen LogP contribution in [0.4, 0.5) is 0 Å². The van der Waals surface area contributed by atoms with Crippen molar-refractivity contribution in [3.63, 3.8) is 0 Å². The van der Waals surface area contributed by atoms with E-state index < -0.39 is 6.10 Å². The number of carbonyl (C=O) groups excluding carboxylic acids is 1. The van der Waals surface area contributed by atoms with Crippen molar-refractivity contribution in [2.24, 2.45) is 0 Å². The molecule has 70 valence electrons. The van der Waals surface area contributed by atoms with Crippen LogP contribution in [0.15, 0.2) is 12.2 Å². The number of aliphatic hydroxyl groups is 1. The van der Waals surface area contributed by atoms with E-state index in [1.54, 1.807) is 6.92 Å². The molecule has 0 amide bonds. The number of hydrogen-bond donors (Lipinski definition) is 1. The third-order valence-corrected chi connectivity index (χ3v) is 2.23. The van der Waals surface area contributed by atoms with Gasteiger partial charge in [0.1, 0.15) is 0 Å². The summed E-state index contributed by atoms with van der Waals surface area (Å²) in [6, 6.07) is 0. The molecule has 0 aliphatic rings. The van der Waals surface area contributed by atoms with Crippen molar-refractivity contribution in [2.75, 3.05) is 0 Å². The number of thioether (sulfide) groups is 1. The van der Waals surface area contributed by atoms with Crippen molar-refractivity contribution in [3.05, 3.63) is 12.2 Å². The third-order valence-electron chi connectivity index (χ3n) is 1.17. The summed E-state index contributed by atoms with van der Waals surface area (Å²) in [4.78, 5) is 11.3. The molecule has 0 aromatic carbocycles. The van der Waals surface area contributed by atoms with Crippen molar-refractivity contribution < 1.29 is 9.90 Å². The van der Waals surface area contributed by atoms with Crippen molar-refractivity contribution in [1.29, 1.82) is 0 Å². The van der Waals surface area contributed by atoms with Gasteiger partial charge in [-0.2, -0.15) is 0 Å². The summed E-state index contributed by atoms with van der Waals surface area (Å²) in [5.74, 6) is 0. The Bertz CT molecular complexity index is 189. The maximum absolute atomic E-state index is 11.3. The Morgan fingerprint density at radius 2 is 1.92 bits per heavy atom. The van der Waals surface area contributed by atoms with E-state index in [1.165, 1.54) is 11.8 Å². The Hall–Kier alpha value is -0.280. The van der Waals surface area contributed by atoms with Gasteiger partial charge in [-0.15, -0.1) is 0 Å². The molecule has 0 aliphatic carbocycles. The minimum Gasteiger partial charge on any atom is -0.389 e. The van der Waals surface area contributed by atoms with Gasteiger partial charge in [-0.3, -0.25) is 4.79 Å². The first-order valence-electron chi connectivity index (χ1n) is 3.84. The fourth-order valence-electron chi connectivity index (χ4n) is 0.514. The lowest BCUT2D eigenvalue weighted by atomic mass is 10.2. The summed E-state index contributed by atoms with van der Waals surface area (Å²) in [5, 5.41) is 8.93. The zero-order chi connectivity index (χ0) is 9.94. The van der Waals surface area contributed by atoms with Crippen LogP contribution in [0.5, 0.6) is 0 Å². The fourth-order valence-corrected chi connectivity index (χ4v) is 1.37. The van der Waals surface area contributed by atoms with Gasteiger partial charge < -0.3 is 5.11 Å². The highest BCUT2D eigenvalue weighted by molar-refractivity contribution is 8.15. The number of rotatable bonds is 2. The molecule has 0 aromatic heterocycles. The first kappa shape index (κ1) is 11.7. The largest absolute Gasteiger partial charge is 0.389 e. The van der Waals surface area contributed by atoms with E-state index in [1.807, 2.05) is 20.8 Å². The molecule has 0 fully saturated rings. The predicted molar refractivity (Wildman–Crippen MR) is 53.2 cm³/mol. The molecule has 0 heterocycles. The summed E-state index contributed by atoms with van der Waals surface area (Å²) < 4.78 is -0.116.